The summed E-state index contributed by atoms with van der Waals surface area (Å²) in [6.45, 7) is 5.77. The van der Waals surface area contributed by atoms with Gasteiger partial charge in [0, 0.05) is 22.6 Å². The number of carbonyl (C=O) groups is 2. The first-order chi connectivity index (χ1) is 14.5. The van der Waals surface area contributed by atoms with Crippen LogP contribution in [0.2, 0.25) is 0 Å². The largest absolute Gasteiger partial charge is 0.464 e. The van der Waals surface area contributed by atoms with Gasteiger partial charge in [-0.25, -0.2) is 14.8 Å². The number of aryl methyl sites for hydroxylation is 2. The van der Waals surface area contributed by atoms with Crippen LogP contribution in [0.15, 0.2) is 60.7 Å². The first kappa shape index (κ1) is 21.0. The summed E-state index contributed by atoms with van der Waals surface area (Å²) in [5.74, 6) is -0.371. The van der Waals surface area contributed by atoms with Crippen molar-refractivity contribution < 1.29 is 14.3 Å². The van der Waals surface area contributed by atoms with E-state index in [1.54, 1.807) is 43.3 Å². The second-order valence-corrected chi connectivity index (χ2v) is 6.75. The molecule has 7 nitrogen and oxygen atoms in total. The molecule has 0 aliphatic heterocycles. The monoisotopic (exact) mass is 404 g/mol. The number of hydrogen-bond acceptors (Lipinski definition) is 6. The molecule has 3 rings (SSSR count). The fourth-order valence-corrected chi connectivity index (χ4v) is 2.98. The Hall–Kier alpha value is -3.74. The average molecular weight is 404 g/mol. The lowest BCUT2D eigenvalue weighted by Gasteiger charge is -2.18. The van der Waals surface area contributed by atoms with Gasteiger partial charge in [0.25, 0.3) is 5.91 Å². The molecule has 0 fully saturated rings. The molecule has 1 atom stereocenters. The summed E-state index contributed by atoms with van der Waals surface area (Å²) in [5, 5.41) is 5.88. The minimum atomic E-state index is -0.875. The van der Waals surface area contributed by atoms with Gasteiger partial charge in [-0.05, 0) is 56.7 Å². The van der Waals surface area contributed by atoms with Crippen LogP contribution in [-0.4, -0.2) is 28.5 Å². The van der Waals surface area contributed by atoms with Crippen LogP contribution in [0.3, 0.4) is 0 Å². The van der Waals surface area contributed by atoms with Gasteiger partial charge in [0.15, 0.2) is 6.04 Å². The molecule has 0 bridgehead atoms. The quantitative estimate of drug-likeness (QED) is 0.581. The van der Waals surface area contributed by atoms with E-state index in [2.05, 4.69) is 20.6 Å². The molecule has 7 heteroatoms. The number of ether oxygens (including phenoxy) is 1. The minimum Gasteiger partial charge on any atom is -0.464 e. The molecule has 0 spiro atoms. The Morgan fingerprint density at radius 1 is 0.967 bits per heavy atom. The summed E-state index contributed by atoms with van der Waals surface area (Å²) in [5.41, 5.74) is 3.57. The van der Waals surface area contributed by atoms with Crippen molar-refractivity contribution in [1.82, 2.24) is 15.3 Å². The van der Waals surface area contributed by atoms with Gasteiger partial charge < -0.3 is 15.4 Å². The molecule has 154 valence electrons. The molecule has 3 aromatic rings. The van der Waals surface area contributed by atoms with Crippen molar-refractivity contribution in [3.63, 3.8) is 0 Å². The average Bonchev–Trinajstić information content (AvgIpc) is 2.72. The van der Waals surface area contributed by atoms with Gasteiger partial charge in [-0.3, -0.25) is 4.79 Å². The van der Waals surface area contributed by atoms with Crippen molar-refractivity contribution in [2.24, 2.45) is 0 Å². The Bertz CT molecular complexity index is 1000. The molecular formula is C23H24N4O3. The Labute approximate surface area is 175 Å². The molecule has 30 heavy (non-hydrogen) atoms. The van der Waals surface area contributed by atoms with Crippen LogP contribution in [0.1, 0.15) is 40.3 Å². The van der Waals surface area contributed by atoms with Crippen LogP contribution < -0.4 is 10.6 Å². The smallest absolute Gasteiger partial charge is 0.333 e. The van der Waals surface area contributed by atoms with E-state index in [1.807, 2.05) is 38.1 Å². The van der Waals surface area contributed by atoms with Crippen molar-refractivity contribution in [1.29, 1.82) is 0 Å². The molecule has 0 radical (unpaired) electrons. The van der Waals surface area contributed by atoms with Crippen LogP contribution in [0.5, 0.6) is 0 Å². The van der Waals surface area contributed by atoms with Gasteiger partial charge in [0.1, 0.15) is 0 Å². The Balaban J connectivity index is 1.73. The summed E-state index contributed by atoms with van der Waals surface area (Å²) in [6, 6.07) is 16.9. The van der Waals surface area contributed by atoms with Gasteiger partial charge in [-0.2, -0.15) is 0 Å². The highest BCUT2D eigenvalue weighted by Gasteiger charge is 2.24. The van der Waals surface area contributed by atoms with E-state index in [0.717, 1.165) is 17.1 Å². The normalized spacial score (nSPS) is 11.4. The summed E-state index contributed by atoms with van der Waals surface area (Å²) in [6.07, 6.45) is 0. The van der Waals surface area contributed by atoms with Gasteiger partial charge in [0.05, 0.1) is 6.61 Å². The van der Waals surface area contributed by atoms with Crippen LogP contribution in [0, 0.1) is 13.8 Å². The van der Waals surface area contributed by atoms with Crippen molar-refractivity contribution in [2.75, 3.05) is 11.9 Å². The summed E-state index contributed by atoms with van der Waals surface area (Å²) >= 11 is 0. The fraction of sp³-hybridized carbons (Fsp3) is 0.217. The number of anilines is 2. The second kappa shape index (κ2) is 9.65. The van der Waals surface area contributed by atoms with Crippen LogP contribution in [0.25, 0.3) is 0 Å². The number of rotatable bonds is 7. The lowest BCUT2D eigenvalue weighted by atomic mass is 10.1. The van der Waals surface area contributed by atoms with E-state index >= 15 is 0 Å². The summed E-state index contributed by atoms with van der Waals surface area (Å²) in [4.78, 5) is 33.8. The number of amides is 1. The first-order valence-corrected chi connectivity index (χ1v) is 9.68. The molecule has 1 heterocycles. The van der Waals surface area contributed by atoms with E-state index < -0.39 is 12.0 Å². The molecule has 0 saturated heterocycles. The Kier molecular flexibility index (Phi) is 6.75. The number of esters is 1. The number of nitrogens with zero attached hydrogens (tertiary/aromatic N) is 2. The lowest BCUT2D eigenvalue weighted by Crippen LogP contribution is -2.35. The third kappa shape index (κ3) is 5.41. The van der Waals surface area contributed by atoms with Crippen molar-refractivity contribution in [3.05, 3.63) is 83.2 Å². The van der Waals surface area contributed by atoms with Crippen molar-refractivity contribution in [3.8, 4) is 0 Å². The number of nitrogens with one attached hydrogen (secondary N) is 2. The standard InChI is InChI=1S/C23H24N4O3/c1-4-30-22(29)20(17-8-6-5-7-9-17)27-21(28)18-10-12-19(13-11-18)26-23-24-15(2)14-16(3)25-23/h5-14,20H,4H2,1-3H3,(H,27,28)(H,24,25,26). The number of hydrogen-bond donors (Lipinski definition) is 2. The molecule has 1 aromatic heterocycles. The highest BCUT2D eigenvalue weighted by molar-refractivity contribution is 5.97. The number of carbonyl (C=O) groups excluding carboxylic acids is 2. The van der Waals surface area contributed by atoms with Crippen molar-refractivity contribution >= 4 is 23.5 Å². The van der Waals surface area contributed by atoms with Crippen LogP contribution in [-0.2, 0) is 9.53 Å². The molecule has 1 amide bonds. The molecular weight excluding hydrogens is 380 g/mol. The maximum absolute atomic E-state index is 12.7. The number of benzene rings is 2. The van der Waals surface area contributed by atoms with E-state index in [4.69, 9.17) is 4.74 Å². The lowest BCUT2D eigenvalue weighted by molar-refractivity contribution is -0.145. The molecule has 2 aromatic carbocycles. The minimum absolute atomic E-state index is 0.235. The topological polar surface area (TPSA) is 93.2 Å². The maximum Gasteiger partial charge on any atom is 0.333 e. The second-order valence-electron chi connectivity index (χ2n) is 6.75. The van der Waals surface area contributed by atoms with E-state index in [0.29, 0.717) is 17.1 Å². The Morgan fingerprint density at radius 3 is 2.20 bits per heavy atom. The van der Waals surface area contributed by atoms with Crippen LogP contribution in [0.4, 0.5) is 11.6 Å². The van der Waals surface area contributed by atoms with Gasteiger partial charge in [-0.15, -0.1) is 0 Å². The molecule has 0 aliphatic rings. The predicted octanol–water partition coefficient (Wildman–Crippen LogP) is 3.87. The van der Waals surface area contributed by atoms with E-state index in [9.17, 15) is 9.59 Å². The van der Waals surface area contributed by atoms with Gasteiger partial charge in [0.2, 0.25) is 5.95 Å². The van der Waals surface area contributed by atoms with Crippen molar-refractivity contribution in [2.45, 2.75) is 26.8 Å². The molecule has 1 unspecified atom stereocenters. The Morgan fingerprint density at radius 2 is 1.60 bits per heavy atom. The summed E-state index contributed by atoms with van der Waals surface area (Å²) in [7, 11) is 0. The van der Waals surface area contributed by atoms with Gasteiger partial charge >= 0.3 is 5.97 Å². The maximum atomic E-state index is 12.7. The molecule has 0 saturated carbocycles. The third-order valence-corrected chi connectivity index (χ3v) is 4.32. The zero-order valence-corrected chi connectivity index (χ0v) is 17.2. The summed E-state index contributed by atoms with van der Waals surface area (Å²) < 4.78 is 5.12. The zero-order valence-electron chi connectivity index (χ0n) is 17.2. The molecule has 2 N–H and O–H groups in total. The SMILES string of the molecule is CCOC(=O)C(NC(=O)c1ccc(Nc2nc(C)cc(C)n2)cc1)c1ccccc1. The third-order valence-electron chi connectivity index (χ3n) is 4.32. The highest BCUT2D eigenvalue weighted by Crippen LogP contribution is 2.18. The number of aromatic nitrogens is 2. The fourth-order valence-electron chi connectivity index (χ4n) is 2.98. The molecule has 0 aliphatic carbocycles. The van der Waals surface area contributed by atoms with E-state index in [1.165, 1.54) is 0 Å². The van der Waals surface area contributed by atoms with Crippen LogP contribution >= 0.6 is 0 Å². The van der Waals surface area contributed by atoms with E-state index in [-0.39, 0.29) is 12.5 Å². The first-order valence-electron chi connectivity index (χ1n) is 9.68. The zero-order chi connectivity index (χ0) is 21.5. The predicted molar refractivity (Wildman–Crippen MR) is 115 cm³/mol. The van der Waals surface area contributed by atoms with Gasteiger partial charge in [-0.1, -0.05) is 30.3 Å². The highest BCUT2D eigenvalue weighted by atomic mass is 16.5.